The molecule has 1 saturated heterocycles. The van der Waals surface area contributed by atoms with Gasteiger partial charge in [-0.1, -0.05) is 0 Å². The van der Waals surface area contributed by atoms with Crippen molar-refractivity contribution in [2.45, 2.75) is 25.3 Å². The Morgan fingerprint density at radius 3 is 2.67 bits per heavy atom. The van der Waals surface area contributed by atoms with Crippen LogP contribution in [0.2, 0.25) is 0 Å². The van der Waals surface area contributed by atoms with E-state index in [0.717, 1.165) is 38.4 Å². The summed E-state index contributed by atoms with van der Waals surface area (Å²) in [6, 6.07) is 4.29. The highest BCUT2D eigenvalue weighted by atomic mass is 16.5. The lowest BCUT2D eigenvalue weighted by atomic mass is 9.97. The van der Waals surface area contributed by atoms with Gasteiger partial charge < -0.3 is 14.0 Å². The van der Waals surface area contributed by atoms with Crippen LogP contribution in [0.4, 0.5) is 5.95 Å². The van der Waals surface area contributed by atoms with Crippen molar-refractivity contribution in [1.82, 2.24) is 19.6 Å². The van der Waals surface area contributed by atoms with Gasteiger partial charge in [0.2, 0.25) is 5.89 Å². The summed E-state index contributed by atoms with van der Waals surface area (Å²) < 4.78 is 7.59. The van der Waals surface area contributed by atoms with Crippen molar-refractivity contribution in [3.63, 3.8) is 0 Å². The van der Waals surface area contributed by atoms with Crippen LogP contribution in [0, 0.1) is 0 Å². The molecule has 6 heteroatoms. The standard InChI is InChI=1S/C15H23N5O/c1-18(2)15-16-14(21-17-15)12-6-9-20(10-7-12)11-13-5-4-8-19(13)3/h4-5,8,12H,6-7,9-11H2,1-3H3. The molecular formula is C15H23N5O. The highest BCUT2D eigenvalue weighted by molar-refractivity contribution is 5.24. The molecule has 0 amide bonds. The minimum atomic E-state index is 0.399. The summed E-state index contributed by atoms with van der Waals surface area (Å²) in [7, 11) is 5.96. The molecule has 6 nitrogen and oxygen atoms in total. The molecule has 114 valence electrons. The van der Waals surface area contributed by atoms with Gasteiger partial charge in [-0.25, -0.2) is 0 Å². The van der Waals surface area contributed by atoms with Gasteiger partial charge in [-0.3, -0.25) is 4.90 Å². The maximum atomic E-state index is 5.40. The first-order chi connectivity index (χ1) is 10.1. The molecule has 0 bridgehead atoms. The van der Waals surface area contributed by atoms with Crippen LogP contribution in [-0.2, 0) is 13.6 Å². The van der Waals surface area contributed by atoms with Crippen molar-refractivity contribution in [3.05, 3.63) is 29.9 Å². The SMILES string of the molecule is CN(C)c1noc(C2CCN(Cc3cccn3C)CC2)n1. The molecule has 0 aliphatic carbocycles. The van der Waals surface area contributed by atoms with Gasteiger partial charge in [0.15, 0.2) is 0 Å². The predicted octanol–water partition coefficient (Wildman–Crippen LogP) is 1.85. The van der Waals surface area contributed by atoms with Crippen LogP contribution in [0.3, 0.4) is 0 Å². The molecule has 0 saturated carbocycles. The van der Waals surface area contributed by atoms with Crippen molar-refractivity contribution in [2.24, 2.45) is 7.05 Å². The van der Waals surface area contributed by atoms with Crippen molar-refractivity contribution in [1.29, 1.82) is 0 Å². The maximum absolute atomic E-state index is 5.40. The minimum absolute atomic E-state index is 0.399. The second kappa shape index (κ2) is 5.89. The number of piperidine rings is 1. The Hall–Kier alpha value is -1.82. The number of rotatable bonds is 4. The monoisotopic (exact) mass is 289 g/mol. The average Bonchev–Trinajstić information content (AvgIpc) is 3.10. The molecule has 2 aromatic rings. The Labute approximate surface area is 125 Å². The van der Waals surface area contributed by atoms with Crippen molar-refractivity contribution >= 4 is 5.95 Å². The second-order valence-electron chi connectivity index (χ2n) is 5.99. The van der Waals surface area contributed by atoms with E-state index in [1.165, 1.54) is 5.69 Å². The summed E-state index contributed by atoms with van der Waals surface area (Å²) in [6.07, 6.45) is 4.27. The lowest BCUT2D eigenvalue weighted by Crippen LogP contribution is -2.33. The van der Waals surface area contributed by atoms with E-state index in [4.69, 9.17) is 4.52 Å². The van der Waals surface area contributed by atoms with Gasteiger partial charge in [0, 0.05) is 45.5 Å². The van der Waals surface area contributed by atoms with Crippen LogP contribution in [-0.4, -0.2) is 46.8 Å². The van der Waals surface area contributed by atoms with E-state index < -0.39 is 0 Å². The summed E-state index contributed by atoms with van der Waals surface area (Å²) in [5.41, 5.74) is 1.36. The molecule has 2 aromatic heterocycles. The molecule has 0 unspecified atom stereocenters. The summed E-state index contributed by atoms with van der Waals surface area (Å²) in [6.45, 7) is 3.17. The predicted molar refractivity (Wildman–Crippen MR) is 81.3 cm³/mol. The summed E-state index contributed by atoms with van der Waals surface area (Å²) in [5, 5.41) is 4.01. The molecule has 0 atom stereocenters. The summed E-state index contributed by atoms with van der Waals surface area (Å²) in [4.78, 5) is 8.84. The van der Waals surface area contributed by atoms with Gasteiger partial charge in [0.1, 0.15) is 0 Å². The van der Waals surface area contributed by atoms with E-state index in [-0.39, 0.29) is 0 Å². The molecule has 1 fully saturated rings. The largest absolute Gasteiger partial charge is 0.353 e. The normalized spacial score (nSPS) is 17.3. The molecule has 3 rings (SSSR count). The fourth-order valence-electron chi connectivity index (χ4n) is 2.80. The number of hydrogen-bond donors (Lipinski definition) is 0. The highest BCUT2D eigenvalue weighted by Crippen LogP contribution is 2.28. The number of aromatic nitrogens is 3. The van der Waals surface area contributed by atoms with Gasteiger partial charge in [0.25, 0.3) is 5.95 Å². The zero-order chi connectivity index (χ0) is 14.8. The van der Waals surface area contributed by atoms with Crippen LogP contribution in [0.25, 0.3) is 0 Å². The Bertz CT molecular complexity index is 580. The molecule has 0 radical (unpaired) electrons. The molecule has 0 aromatic carbocycles. The van der Waals surface area contributed by atoms with E-state index in [0.29, 0.717) is 11.9 Å². The number of hydrogen-bond acceptors (Lipinski definition) is 5. The third-order valence-corrected chi connectivity index (χ3v) is 4.20. The Balaban J connectivity index is 1.56. The average molecular weight is 289 g/mol. The summed E-state index contributed by atoms with van der Waals surface area (Å²) >= 11 is 0. The van der Waals surface area contributed by atoms with Gasteiger partial charge >= 0.3 is 0 Å². The Morgan fingerprint density at radius 1 is 1.33 bits per heavy atom. The smallest absolute Gasteiger partial charge is 0.265 e. The van der Waals surface area contributed by atoms with Crippen LogP contribution in [0.5, 0.6) is 0 Å². The topological polar surface area (TPSA) is 50.3 Å². The molecule has 21 heavy (non-hydrogen) atoms. The lowest BCUT2D eigenvalue weighted by Gasteiger charge is -2.30. The molecule has 1 aliphatic rings. The maximum Gasteiger partial charge on any atom is 0.265 e. The molecule has 0 N–H and O–H groups in total. The van der Waals surface area contributed by atoms with E-state index in [1.54, 1.807) is 0 Å². The third-order valence-electron chi connectivity index (χ3n) is 4.20. The lowest BCUT2D eigenvalue weighted by molar-refractivity contribution is 0.184. The zero-order valence-electron chi connectivity index (χ0n) is 13.0. The Kier molecular flexibility index (Phi) is 3.96. The number of likely N-dealkylation sites (tertiary alicyclic amines) is 1. The molecule has 0 spiro atoms. The first-order valence-corrected chi connectivity index (χ1v) is 7.47. The molecule has 3 heterocycles. The quantitative estimate of drug-likeness (QED) is 0.860. The molecular weight excluding hydrogens is 266 g/mol. The number of aryl methyl sites for hydroxylation is 1. The van der Waals surface area contributed by atoms with Crippen LogP contribution < -0.4 is 4.90 Å². The second-order valence-corrected chi connectivity index (χ2v) is 5.99. The van der Waals surface area contributed by atoms with Crippen molar-refractivity contribution in [2.75, 3.05) is 32.1 Å². The van der Waals surface area contributed by atoms with Gasteiger partial charge in [-0.05, 0) is 43.2 Å². The molecule has 1 aliphatic heterocycles. The third kappa shape index (κ3) is 3.10. The van der Waals surface area contributed by atoms with Crippen molar-refractivity contribution in [3.8, 4) is 0 Å². The first kappa shape index (κ1) is 14.1. The van der Waals surface area contributed by atoms with Crippen molar-refractivity contribution < 1.29 is 4.52 Å². The number of anilines is 1. The Morgan fingerprint density at radius 2 is 2.10 bits per heavy atom. The minimum Gasteiger partial charge on any atom is -0.353 e. The van der Waals surface area contributed by atoms with E-state index in [2.05, 4.69) is 45.0 Å². The highest BCUT2D eigenvalue weighted by Gasteiger charge is 2.25. The van der Waals surface area contributed by atoms with Crippen LogP contribution in [0.1, 0.15) is 30.3 Å². The van der Waals surface area contributed by atoms with E-state index in [9.17, 15) is 0 Å². The van der Waals surface area contributed by atoms with Gasteiger partial charge in [-0.2, -0.15) is 4.98 Å². The fraction of sp³-hybridized carbons (Fsp3) is 0.600. The van der Waals surface area contributed by atoms with E-state index >= 15 is 0 Å². The van der Waals surface area contributed by atoms with Crippen LogP contribution in [0.15, 0.2) is 22.9 Å². The van der Waals surface area contributed by atoms with Crippen LogP contribution >= 0.6 is 0 Å². The zero-order valence-corrected chi connectivity index (χ0v) is 13.0. The van der Waals surface area contributed by atoms with Gasteiger partial charge in [-0.15, -0.1) is 0 Å². The summed E-state index contributed by atoms with van der Waals surface area (Å²) in [5.74, 6) is 1.85. The fourth-order valence-corrected chi connectivity index (χ4v) is 2.80. The van der Waals surface area contributed by atoms with Gasteiger partial charge in [0.05, 0.1) is 0 Å². The number of nitrogens with zero attached hydrogens (tertiary/aromatic N) is 5. The van der Waals surface area contributed by atoms with E-state index in [1.807, 2.05) is 19.0 Å². The first-order valence-electron chi connectivity index (χ1n) is 7.47.